The molecule has 0 spiro atoms. The Morgan fingerprint density at radius 1 is 1.07 bits per heavy atom. The molecule has 0 bridgehead atoms. The summed E-state index contributed by atoms with van der Waals surface area (Å²) in [4.78, 5) is 12.0. The van der Waals surface area contributed by atoms with Crippen molar-refractivity contribution in [2.45, 2.75) is 80.6 Å². The van der Waals surface area contributed by atoms with Crippen molar-refractivity contribution in [3.05, 3.63) is 70.4 Å². The molecule has 0 aromatic carbocycles. The SMILES string of the molecule is CCCC(=CC=C(C)C=CC=C(C)C=CC1=C(C)CCCC1(C)C)C(=O)OCC. The molecule has 29 heavy (non-hydrogen) atoms. The van der Waals surface area contributed by atoms with Crippen LogP contribution in [0.2, 0.25) is 0 Å². The van der Waals surface area contributed by atoms with Crippen LogP contribution in [0.15, 0.2) is 70.4 Å². The molecule has 2 nitrogen and oxygen atoms in total. The van der Waals surface area contributed by atoms with Crippen LogP contribution in [0.25, 0.3) is 0 Å². The van der Waals surface area contributed by atoms with Gasteiger partial charge in [-0.05, 0) is 64.4 Å². The van der Waals surface area contributed by atoms with E-state index in [2.05, 4.69) is 65.0 Å². The summed E-state index contributed by atoms with van der Waals surface area (Å²) in [7, 11) is 0. The molecule has 0 radical (unpaired) electrons. The lowest BCUT2D eigenvalue weighted by molar-refractivity contribution is -0.138. The Kier molecular flexibility index (Phi) is 10.7. The maximum atomic E-state index is 12.0. The quantitative estimate of drug-likeness (QED) is 0.226. The normalized spacial score (nSPS) is 18.8. The summed E-state index contributed by atoms with van der Waals surface area (Å²) in [5.41, 5.74) is 6.35. The average molecular weight is 397 g/mol. The third-order valence-corrected chi connectivity index (χ3v) is 5.38. The molecular weight excluding hydrogens is 356 g/mol. The van der Waals surface area contributed by atoms with Gasteiger partial charge in [0.25, 0.3) is 0 Å². The molecule has 0 fully saturated rings. The summed E-state index contributed by atoms with van der Waals surface area (Å²) in [6, 6.07) is 0. The molecule has 0 unspecified atom stereocenters. The van der Waals surface area contributed by atoms with Gasteiger partial charge in [-0.15, -0.1) is 0 Å². The Bertz CT molecular complexity index is 736. The van der Waals surface area contributed by atoms with E-state index in [0.29, 0.717) is 6.61 Å². The van der Waals surface area contributed by atoms with Gasteiger partial charge in [-0.2, -0.15) is 0 Å². The van der Waals surface area contributed by atoms with Gasteiger partial charge in [-0.1, -0.05) is 86.4 Å². The molecule has 1 rings (SSSR count). The molecule has 1 aliphatic carbocycles. The summed E-state index contributed by atoms with van der Waals surface area (Å²) in [5.74, 6) is -0.210. The van der Waals surface area contributed by atoms with Crippen LogP contribution in [0.1, 0.15) is 80.6 Å². The van der Waals surface area contributed by atoms with E-state index in [1.165, 1.54) is 36.0 Å². The number of allylic oxidation sites excluding steroid dienone is 11. The van der Waals surface area contributed by atoms with Gasteiger partial charge in [0.1, 0.15) is 0 Å². The number of carbonyl (C=O) groups excluding carboxylic acids is 1. The Morgan fingerprint density at radius 2 is 1.76 bits per heavy atom. The molecule has 0 amide bonds. The van der Waals surface area contributed by atoms with Crippen molar-refractivity contribution in [3.63, 3.8) is 0 Å². The fourth-order valence-corrected chi connectivity index (χ4v) is 3.67. The molecule has 0 aromatic rings. The lowest BCUT2D eigenvalue weighted by Crippen LogP contribution is -2.19. The second-order valence-corrected chi connectivity index (χ2v) is 8.61. The van der Waals surface area contributed by atoms with Crippen molar-refractivity contribution in [1.29, 1.82) is 0 Å². The fraction of sp³-hybridized carbons (Fsp3) is 0.519. The fourth-order valence-electron chi connectivity index (χ4n) is 3.67. The van der Waals surface area contributed by atoms with Gasteiger partial charge in [0.15, 0.2) is 0 Å². The van der Waals surface area contributed by atoms with Crippen LogP contribution >= 0.6 is 0 Å². The topological polar surface area (TPSA) is 26.3 Å². The van der Waals surface area contributed by atoms with Crippen LogP contribution in [0.3, 0.4) is 0 Å². The number of hydrogen-bond acceptors (Lipinski definition) is 2. The van der Waals surface area contributed by atoms with Gasteiger partial charge in [-0.3, -0.25) is 0 Å². The van der Waals surface area contributed by atoms with Crippen molar-refractivity contribution in [3.8, 4) is 0 Å². The number of rotatable bonds is 9. The first-order valence-corrected chi connectivity index (χ1v) is 11.0. The molecule has 2 heteroatoms. The van der Waals surface area contributed by atoms with E-state index in [0.717, 1.165) is 24.0 Å². The van der Waals surface area contributed by atoms with Gasteiger partial charge in [0.05, 0.1) is 6.61 Å². The molecule has 1 aliphatic rings. The van der Waals surface area contributed by atoms with E-state index in [1.807, 2.05) is 26.0 Å². The number of carbonyl (C=O) groups is 1. The Labute approximate surface area is 178 Å². The summed E-state index contributed by atoms with van der Waals surface area (Å²) in [6.45, 7) is 15.4. The van der Waals surface area contributed by atoms with Gasteiger partial charge in [0.2, 0.25) is 0 Å². The van der Waals surface area contributed by atoms with Gasteiger partial charge >= 0.3 is 5.97 Å². The standard InChI is InChI=1S/C27H40O2/c1-8-12-24(26(28)29-9-2)18-16-21(3)13-10-14-22(4)17-19-25-23(5)15-11-20-27(25,6)7/h10,13-14,16-19H,8-9,11-12,15,20H2,1-7H3. The number of ether oxygens (including phenoxy) is 1. The third-order valence-electron chi connectivity index (χ3n) is 5.38. The molecule has 0 heterocycles. The molecule has 0 saturated heterocycles. The Morgan fingerprint density at radius 3 is 2.38 bits per heavy atom. The van der Waals surface area contributed by atoms with Crippen LogP contribution in [0.4, 0.5) is 0 Å². The smallest absolute Gasteiger partial charge is 0.333 e. The van der Waals surface area contributed by atoms with E-state index in [-0.39, 0.29) is 11.4 Å². The van der Waals surface area contributed by atoms with Crippen LogP contribution in [0, 0.1) is 5.41 Å². The van der Waals surface area contributed by atoms with Crippen LogP contribution in [0.5, 0.6) is 0 Å². The second kappa shape index (κ2) is 12.5. The maximum absolute atomic E-state index is 12.0. The number of esters is 1. The highest BCUT2D eigenvalue weighted by molar-refractivity contribution is 5.88. The van der Waals surface area contributed by atoms with Gasteiger partial charge < -0.3 is 4.74 Å². The highest BCUT2D eigenvalue weighted by Gasteiger charge is 2.26. The second-order valence-electron chi connectivity index (χ2n) is 8.61. The minimum atomic E-state index is -0.210. The van der Waals surface area contributed by atoms with E-state index in [9.17, 15) is 4.79 Å². The lowest BCUT2D eigenvalue weighted by atomic mass is 9.72. The van der Waals surface area contributed by atoms with Crippen LogP contribution in [-0.2, 0) is 9.53 Å². The molecule has 0 atom stereocenters. The zero-order chi connectivity index (χ0) is 21.9. The molecule has 160 valence electrons. The predicted molar refractivity (Wildman–Crippen MR) is 126 cm³/mol. The summed E-state index contributed by atoms with van der Waals surface area (Å²) in [5, 5.41) is 0. The first kappa shape index (κ1) is 24.9. The highest BCUT2D eigenvalue weighted by Crippen LogP contribution is 2.40. The van der Waals surface area contributed by atoms with Crippen molar-refractivity contribution in [2.75, 3.05) is 6.61 Å². The molecule has 0 aliphatic heterocycles. The third kappa shape index (κ3) is 8.85. The lowest BCUT2D eigenvalue weighted by Gasteiger charge is -2.32. The van der Waals surface area contributed by atoms with Crippen LogP contribution < -0.4 is 0 Å². The van der Waals surface area contributed by atoms with Crippen LogP contribution in [-0.4, -0.2) is 12.6 Å². The number of hydrogen-bond donors (Lipinski definition) is 0. The first-order valence-electron chi connectivity index (χ1n) is 11.0. The minimum Gasteiger partial charge on any atom is -0.463 e. The van der Waals surface area contributed by atoms with Crippen molar-refractivity contribution < 1.29 is 9.53 Å². The predicted octanol–water partition coefficient (Wildman–Crippen LogP) is 7.81. The van der Waals surface area contributed by atoms with Gasteiger partial charge in [0, 0.05) is 5.57 Å². The largest absolute Gasteiger partial charge is 0.463 e. The molecule has 0 N–H and O–H groups in total. The van der Waals surface area contributed by atoms with Crippen molar-refractivity contribution in [1.82, 2.24) is 0 Å². The summed E-state index contributed by atoms with van der Waals surface area (Å²) >= 11 is 0. The Hall–Kier alpha value is -2.09. The van der Waals surface area contributed by atoms with E-state index >= 15 is 0 Å². The van der Waals surface area contributed by atoms with Crippen molar-refractivity contribution in [2.24, 2.45) is 5.41 Å². The summed E-state index contributed by atoms with van der Waals surface area (Å²) in [6.07, 6.45) is 20.1. The molecule has 0 saturated carbocycles. The summed E-state index contributed by atoms with van der Waals surface area (Å²) < 4.78 is 5.13. The molecular formula is C27H40O2. The maximum Gasteiger partial charge on any atom is 0.333 e. The first-order chi connectivity index (χ1) is 13.7. The average Bonchev–Trinajstić information content (AvgIpc) is 2.64. The van der Waals surface area contributed by atoms with E-state index < -0.39 is 0 Å². The van der Waals surface area contributed by atoms with E-state index in [4.69, 9.17) is 4.74 Å². The minimum absolute atomic E-state index is 0.210. The van der Waals surface area contributed by atoms with E-state index in [1.54, 1.807) is 0 Å². The zero-order valence-electron chi connectivity index (χ0n) is 19.6. The monoisotopic (exact) mass is 396 g/mol. The zero-order valence-corrected chi connectivity index (χ0v) is 19.6. The Balaban J connectivity index is 2.81. The van der Waals surface area contributed by atoms with Gasteiger partial charge in [-0.25, -0.2) is 4.79 Å². The molecule has 0 aromatic heterocycles. The van der Waals surface area contributed by atoms with Crippen molar-refractivity contribution >= 4 is 5.97 Å². The highest BCUT2D eigenvalue weighted by atomic mass is 16.5.